The molecule has 0 radical (unpaired) electrons. The molecule has 3 amide bonds. The number of piperidine rings is 1. The minimum absolute atomic E-state index is 0.132. The topological polar surface area (TPSA) is 60.9 Å². The van der Waals surface area contributed by atoms with Gasteiger partial charge in [-0.3, -0.25) is 19.3 Å². The summed E-state index contributed by atoms with van der Waals surface area (Å²) >= 11 is 0. The van der Waals surface area contributed by atoms with Crippen molar-refractivity contribution in [1.82, 2.24) is 9.80 Å². The highest BCUT2D eigenvalue weighted by Crippen LogP contribution is 2.37. The fraction of sp³-hybridized carbons (Fsp3) is 0.609. The van der Waals surface area contributed by atoms with Crippen molar-refractivity contribution in [1.29, 1.82) is 0 Å². The lowest BCUT2D eigenvalue weighted by Gasteiger charge is -2.29. The lowest BCUT2D eigenvalue weighted by atomic mass is 9.81. The number of hydrogen-bond acceptors (Lipinski definition) is 4. The van der Waals surface area contributed by atoms with Gasteiger partial charge < -0.3 is 9.80 Å². The molecule has 1 saturated carbocycles. The first-order valence-electron chi connectivity index (χ1n) is 11.0. The first-order valence-corrected chi connectivity index (χ1v) is 11.0. The molecule has 156 valence electrons. The van der Waals surface area contributed by atoms with Crippen molar-refractivity contribution in [3.05, 3.63) is 29.8 Å². The molecule has 6 heteroatoms. The van der Waals surface area contributed by atoms with Crippen molar-refractivity contribution in [3.63, 3.8) is 0 Å². The first kappa shape index (κ1) is 19.9. The highest BCUT2D eigenvalue weighted by Gasteiger charge is 2.48. The molecule has 29 heavy (non-hydrogen) atoms. The summed E-state index contributed by atoms with van der Waals surface area (Å²) in [6.07, 6.45) is 7.34. The van der Waals surface area contributed by atoms with Crippen molar-refractivity contribution >= 4 is 23.4 Å². The number of hydrogen-bond donors (Lipinski definition) is 0. The smallest absolute Gasteiger partial charge is 0.242 e. The fourth-order valence-corrected chi connectivity index (χ4v) is 4.97. The molecule has 3 fully saturated rings. The molecule has 6 nitrogen and oxygen atoms in total. The third-order valence-corrected chi connectivity index (χ3v) is 6.73. The summed E-state index contributed by atoms with van der Waals surface area (Å²) in [6, 6.07) is 8.37. The SMILES string of the molecule is CN(Cc1ccc(N2CCCCC2)cc1)C(=O)CN1C(=O)[C@H]2CCCC[C@H]2C1=O. The van der Waals surface area contributed by atoms with E-state index in [1.807, 2.05) is 0 Å². The maximum absolute atomic E-state index is 12.7. The second-order valence-corrected chi connectivity index (χ2v) is 8.72. The van der Waals surface area contributed by atoms with Crippen LogP contribution in [0.3, 0.4) is 0 Å². The standard InChI is InChI=1S/C23H31N3O3/c1-24(15-17-9-11-18(12-10-17)25-13-5-2-6-14-25)21(27)16-26-22(28)19-7-3-4-8-20(19)23(26)29/h9-12,19-20H,2-8,13-16H2,1H3/t19-,20+. The number of likely N-dealkylation sites (N-methyl/N-ethyl adjacent to an activating group) is 1. The van der Waals surface area contributed by atoms with Gasteiger partial charge in [0, 0.05) is 32.4 Å². The van der Waals surface area contributed by atoms with Gasteiger partial charge in [0.15, 0.2) is 0 Å². The summed E-state index contributed by atoms with van der Waals surface area (Å²) in [4.78, 5) is 43.1. The lowest BCUT2D eigenvalue weighted by Crippen LogP contribution is -2.41. The summed E-state index contributed by atoms with van der Waals surface area (Å²) in [5.41, 5.74) is 2.28. The molecule has 0 unspecified atom stereocenters. The van der Waals surface area contributed by atoms with Crippen LogP contribution >= 0.6 is 0 Å². The Bertz CT molecular complexity index is 746. The molecule has 1 aromatic rings. The number of fused-ring (bicyclic) bond motifs is 1. The number of carbonyl (C=O) groups is 3. The van der Waals surface area contributed by atoms with E-state index in [9.17, 15) is 14.4 Å². The van der Waals surface area contributed by atoms with Gasteiger partial charge in [0.2, 0.25) is 17.7 Å². The largest absolute Gasteiger partial charge is 0.372 e. The number of likely N-dealkylation sites (tertiary alicyclic amines) is 1. The molecule has 1 aliphatic carbocycles. The minimum Gasteiger partial charge on any atom is -0.372 e. The van der Waals surface area contributed by atoms with Gasteiger partial charge in [-0.05, 0) is 49.8 Å². The molecule has 0 N–H and O–H groups in total. The van der Waals surface area contributed by atoms with Crippen LogP contribution in [-0.4, -0.2) is 54.2 Å². The highest BCUT2D eigenvalue weighted by atomic mass is 16.2. The molecular weight excluding hydrogens is 366 g/mol. The number of anilines is 1. The van der Waals surface area contributed by atoms with E-state index >= 15 is 0 Å². The van der Waals surface area contributed by atoms with E-state index < -0.39 is 0 Å². The fourth-order valence-electron chi connectivity index (χ4n) is 4.97. The second kappa shape index (κ2) is 8.56. The van der Waals surface area contributed by atoms with Gasteiger partial charge in [-0.25, -0.2) is 0 Å². The monoisotopic (exact) mass is 397 g/mol. The Morgan fingerprint density at radius 1 is 0.931 bits per heavy atom. The summed E-state index contributed by atoms with van der Waals surface area (Å²) in [5, 5.41) is 0. The van der Waals surface area contributed by atoms with Crippen molar-refractivity contribution in [3.8, 4) is 0 Å². The zero-order valence-electron chi connectivity index (χ0n) is 17.3. The molecule has 0 bridgehead atoms. The number of amides is 3. The van der Waals surface area contributed by atoms with Crippen LogP contribution in [0.2, 0.25) is 0 Å². The van der Waals surface area contributed by atoms with E-state index in [4.69, 9.17) is 0 Å². The van der Waals surface area contributed by atoms with E-state index in [-0.39, 0.29) is 36.1 Å². The zero-order valence-corrected chi connectivity index (χ0v) is 17.3. The average Bonchev–Trinajstić information content (AvgIpc) is 3.00. The molecule has 3 aliphatic rings. The highest BCUT2D eigenvalue weighted by molar-refractivity contribution is 6.07. The Morgan fingerprint density at radius 2 is 1.52 bits per heavy atom. The van der Waals surface area contributed by atoms with Crippen LogP contribution < -0.4 is 4.90 Å². The third-order valence-electron chi connectivity index (χ3n) is 6.73. The molecule has 2 saturated heterocycles. The van der Waals surface area contributed by atoms with E-state index in [1.165, 1.54) is 29.8 Å². The molecule has 1 aromatic carbocycles. The Morgan fingerprint density at radius 3 is 2.10 bits per heavy atom. The van der Waals surface area contributed by atoms with E-state index in [0.29, 0.717) is 6.54 Å². The van der Waals surface area contributed by atoms with Gasteiger partial charge in [0.1, 0.15) is 6.54 Å². The van der Waals surface area contributed by atoms with Crippen LogP contribution in [0.1, 0.15) is 50.5 Å². The molecule has 0 aromatic heterocycles. The molecule has 2 atom stereocenters. The van der Waals surface area contributed by atoms with Crippen LogP contribution in [0, 0.1) is 11.8 Å². The van der Waals surface area contributed by atoms with Crippen molar-refractivity contribution in [2.75, 3.05) is 31.6 Å². The maximum atomic E-state index is 12.7. The van der Waals surface area contributed by atoms with Crippen LogP contribution in [0.4, 0.5) is 5.69 Å². The number of nitrogens with zero attached hydrogens (tertiary/aromatic N) is 3. The zero-order chi connectivity index (χ0) is 20.4. The maximum Gasteiger partial charge on any atom is 0.242 e. The van der Waals surface area contributed by atoms with Crippen LogP contribution in [0.25, 0.3) is 0 Å². The van der Waals surface area contributed by atoms with E-state index in [2.05, 4.69) is 29.2 Å². The van der Waals surface area contributed by atoms with Gasteiger partial charge >= 0.3 is 0 Å². The van der Waals surface area contributed by atoms with Crippen molar-refractivity contribution in [2.45, 2.75) is 51.5 Å². The van der Waals surface area contributed by atoms with Crippen molar-refractivity contribution in [2.24, 2.45) is 11.8 Å². The molecule has 4 rings (SSSR count). The number of rotatable bonds is 5. The quantitative estimate of drug-likeness (QED) is 0.717. The normalized spacial score (nSPS) is 24.6. The number of imide groups is 1. The number of carbonyl (C=O) groups excluding carboxylic acids is 3. The first-order chi connectivity index (χ1) is 14.0. The van der Waals surface area contributed by atoms with Gasteiger partial charge in [0.25, 0.3) is 0 Å². The molecule has 0 spiro atoms. The van der Waals surface area contributed by atoms with E-state index in [0.717, 1.165) is 44.3 Å². The van der Waals surface area contributed by atoms with E-state index in [1.54, 1.807) is 11.9 Å². The summed E-state index contributed by atoms with van der Waals surface area (Å²) < 4.78 is 0. The Kier molecular flexibility index (Phi) is 5.88. The number of benzene rings is 1. The van der Waals surface area contributed by atoms with Gasteiger partial charge in [0.05, 0.1) is 11.8 Å². The van der Waals surface area contributed by atoms with Crippen molar-refractivity contribution < 1.29 is 14.4 Å². The summed E-state index contributed by atoms with van der Waals surface area (Å²) in [7, 11) is 1.74. The summed E-state index contributed by atoms with van der Waals surface area (Å²) in [5.74, 6) is -0.876. The Labute approximate surface area is 172 Å². The predicted octanol–water partition coefficient (Wildman–Crippen LogP) is 2.81. The molecule has 2 heterocycles. The van der Waals surface area contributed by atoms with Crippen LogP contribution in [0.5, 0.6) is 0 Å². The minimum atomic E-state index is -0.198. The Balaban J connectivity index is 1.33. The summed E-state index contributed by atoms with van der Waals surface area (Å²) in [6.45, 7) is 2.56. The Hall–Kier alpha value is -2.37. The van der Waals surface area contributed by atoms with Crippen LogP contribution in [-0.2, 0) is 20.9 Å². The second-order valence-electron chi connectivity index (χ2n) is 8.72. The molecular formula is C23H31N3O3. The third kappa shape index (κ3) is 4.16. The lowest BCUT2D eigenvalue weighted by molar-refractivity contribution is -0.146. The van der Waals surface area contributed by atoms with Gasteiger partial charge in [-0.15, -0.1) is 0 Å². The van der Waals surface area contributed by atoms with Crippen LogP contribution in [0.15, 0.2) is 24.3 Å². The predicted molar refractivity (Wildman–Crippen MR) is 111 cm³/mol. The van der Waals surface area contributed by atoms with Gasteiger partial charge in [-0.1, -0.05) is 25.0 Å². The van der Waals surface area contributed by atoms with Gasteiger partial charge in [-0.2, -0.15) is 0 Å². The molecule has 2 aliphatic heterocycles. The average molecular weight is 398 g/mol.